The van der Waals surface area contributed by atoms with Gasteiger partial charge in [0.05, 0.1) is 12.9 Å². The second kappa shape index (κ2) is 8.33. The molecule has 0 aliphatic heterocycles. The zero-order valence-electron chi connectivity index (χ0n) is 12.7. The van der Waals surface area contributed by atoms with Crippen molar-refractivity contribution in [2.75, 3.05) is 20.3 Å². The molecule has 0 saturated heterocycles. The number of sulfonamides is 1. The van der Waals surface area contributed by atoms with Crippen LogP contribution in [0.1, 0.15) is 5.56 Å². The summed E-state index contributed by atoms with van der Waals surface area (Å²) in [6, 6.07) is 14.3. The number of ether oxygens (including phenoxy) is 2. The highest BCUT2D eigenvalue weighted by Crippen LogP contribution is 2.18. The first-order chi connectivity index (χ1) is 11.0. The first-order valence-electron chi connectivity index (χ1n) is 6.97. The quantitative estimate of drug-likeness (QED) is 0.692. The summed E-state index contributed by atoms with van der Waals surface area (Å²) in [5.74, 6) is 1.27. The van der Waals surface area contributed by atoms with Gasteiger partial charge in [0.2, 0.25) is 10.0 Å². The Morgan fingerprint density at radius 2 is 1.78 bits per heavy atom. The number of rotatable bonds is 8. The Morgan fingerprint density at radius 1 is 1.09 bits per heavy atom. The molecule has 0 bridgehead atoms. The van der Waals surface area contributed by atoms with Crippen molar-refractivity contribution in [1.82, 2.24) is 4.72 Å². The first-order valence-corrected chi connectivity index (χ1v) is 9.42. The molecule has 0 aromatic heterocycles. The molecule has 2 aromatic rings. The Kier molecular flexibility index (Phi) is 6.44. The van der Waals surface area contributed by atoms with Crippen LogP contribution in [-0.4, -0.2) is 28.7 Å². The van der Waals surface area contributed by atoms with Crippen molar-refractivity contribution in [3.8, 4) is 11.5 Å². The molecule has 2 rings (SSSR count). The van der Waals surface area contributed by atoms with Crippen LogP contribution in [0.3, 0.4) is 0 Å². The van der Waals surface area contributed by atoms with Gasteiger partial charge in [-0.25, -0.2) is 13.1 Å². The van der Waals surface area contributed by atoms with Crippen molar-refractivity contribution >= 4 is 26.0 Å². The number of benzene rings is 2. The lowest BCUT2D eigenvalue weighted by Gasteiger charge is -2.09. The summed E-state index contributed by atoms with van der Waals surface area (Å²) in [4.78, 5) is 0. The summed E-state index contributed by atoms with van der Waals surface area (Å²) >= 11 is 3.32. The molecule has 23 heavy (non-hydrogen) atoms. The third-order valence-corrected chi connectivity index (χ3v) is 4.89. The average Bonchev–Trinajstić information content (AvgIpc) is 2.54. The third-order valence-electron chi connectivity index (χ3n) is 3.00. The molecule has 0 saturated carbocycles. The molecule has 0 aliphatic carbocycles. The molecule has 5 nitrogen and oxygen atoms in total. The minimum absolute atomic E-state index is 0.0561. The number of hydrogen-bond donors (Lipinski definition) is 1. The lowest BCUT2D eigenvalue weighted by Crippen LogP contribution is -2.29. The molecule has 0 unspecified atom stereocenters. The van der Waals surface area contributed by atoms with Crippen LogP contribution in [-0.2, 0) is 15.8 Å². The highest BCUT2D eigenvalue weighted by atomic mass is 79.9. The molecule has 1 N–H and O–H groups in total. The number of nitrogens with one attached hydrogen (secondary N) is 1. The van der Waals surface area contributed by atoms with Crippen molar-refractivity contribution in [1.29, 1.82) is 0 Å². The van der Waals surface area contributed by atoms with Gasteiger partial charge in [-0.1, -0.05) is 34.1 Å². The largest absolute Gasteiger partial charge is 0.497 e. The van der Waals surface area contributed by atoms with Crippen LogP contribution in [0.15, 0.2) is 53.0 Å². The van der Waals surface area contributed by atoms with Crippen LogP contribution < -0.4 is 14.2 Å². The fourth-order valence-corrected chi connectivity index (χ4v) is 3.30. The van der Waals surface area contributed by atoms with E-state index in [9.17, 15) is 8.42 Å². The third kappa shape index (κ3) is 6.21. The number of methoxy groups -OCH3 is 1. The summed E-state index contributed by atoms with van der Waals surface area (Å²) in [5, 5.41) is 0. The first kappa shape index (κ1) is 17.8. The molecule has 2 aromatic carbocycles. The van der Waals surface area contributed by atoms with E-state index in [0.29, 0.717) is 11.5 Å². The maximum atomic E-state index is 12.0. The van der Waals surface area contributed by atoms with Crippen LogP contribution in [0.2, 0.25) is 0 Å². The monoisotopic (exact) mass is 399 g/mol. The van der Waals surface area contributed by atoms with Gasteiger partial charge in [-0.05, 0) is 29.8 Å². The molecule has 7 heteroatoms. The van der Waals surface area contributed by atoms with Crippen LogP contribution in [0.5, 0.6) is 11.5 Å². The molecular formula is C16H18BrNO4S. The Balaban J connectivity index is 1.79. The van der Waals surface area contributed by atoms with E-state index < -0.39 is 10.0 Å². The summed E-state index contributed by atoms with van der Waals surface area (Å²) in [7, 11) is -1.81. The molecule has 0 amide bonds. The normalized spacial score (nSPS) is 11.2. The topological polar surface area (TPSA) is 64.6 Å². The van der Waals surface area contributed by atoms with Gasteiger partial charge in [-0.2, -0.15) is 0 Å². The Hall–Kier alpha value is -1.57. The lowest BCUT2D eigenvalue weighted by molar-refractivity contribution is 0.320. The second-order valence-corrected chi connectivity index (χ2v) is 7.53. The minimum Gasteiger partial charge on any atom is -0.497 e. The van der Waals surface area contributed by atoms with E-state index in [0.717, 1.165) is 10.0 Å². The zero-order chi connectivity index (χ0) is 16.7. The van der Waals surface area contributed by atoms with Crippen molar-refractivity contribution in [2.24, 2.45) is 0 Å². The molecular weight excluding hydrogens is 382 g/mol. The molecule has 0 fully saturated rings. The predicted octanol–water partition coefficient (Wildman–Crippen LogP) is 2.96. The highest BCUT2D eigenvalue weighted by molar-refractivity contribution is 9.10. The summed E-state index contributed by atoms with van der Waals surface area (Å²) in [6.45, 7) is 0.447. The molecule has 0 atom stereocenters. The van der Waals surface area contributed by atoms with Crippen LogP contribution >= 0.6 is 15.9 Å². The van der Waals surface area contributed by atoms with Gasteiger partial charge in [-0.15, -0.1) is 0 Å². The van der Waals surface area contributed by atoms with Gasteiger partial charge < -0.3 is 9.47 Å². The van der Waals surface area contributed by atoms with E-state index in [1.807, 2.05) is 24.3 Å². The van der Waals surface area contributed by atoms with E-state index >= 15 is 0 Å². The van der Waals surface area contributed by atoms with E-state index in [1.165, 1.54) is 0 Å². The maximum absolute atomic E-state index is 12.0. The van der Waals surface area contributed by atoms with E-state index in [4.69, 9.17) is 9.47 Å². The summed E-state index contributed by atoms with van der Waals surface area (Å²) in [5.41, 5.74) is 0.731. The van der Waals surface area contributed by atoms with Gasteiger partial charge in [0, 0.05) is 17.1 Å². The molecule has 0 heterocycles. The van der Waals surface area contributed by atoms with E-state index in [2.05, 4.69) is 20.7 Å². The van der Waals surface area contributed by atoms with Gasteiger partial charge in [0.25, 0.3) is 0 Å². The smallest absolute Gasteiger partial charge is 0.215 e. The minimum atomic E-state index is -3.38. The van der Waals surface area contributed by atoms with Gasteiger partial charge in [-0.3, -0.25) is 0 Å². The molecule has 124 valence electrons. The van der Waals surface area contributed by atoms with Crippen LogP contribution in [0.25, 0.3) is 0 Å². The lowest BCUT2D eigenvalue weighted by atomic mass is 10.2. The molecule has 0 radical (unpaired) electrons. The fourth-order valence-electron chi connectivity index (χ4n) is 1.91. The highest BCUT2D eigenvalue weighted by Gasteiger charge is 2.11. The summed E-state index contributed by atoms with van der Waals surface area (Å²) < 4.78 is 38.0. The van der Waals surface area contributed by atoms with E-state index in [-0.39, 0.29) is 18.9 Å². The van der Waals surface area contributed by atoms with Gasteiger partial charge in [0.15, 0.2) is 0 Å². The SMILES string of the molecule is COc1cccc(OCCNS(=O)(=O)Cc2ccc(Br)cc2)c1. The molecule has 0 aliphatic rings. The Labute approximate surface area is 144 Å². The standard InChI is InChI=1S/C16H18BrNO4S/c1-21-15-3-2-4-16(11-15)22-10-9-18-23(19,20)12-13-5-7-14(17)8-6-13/h2-8,11,18H,9-10,12H2,1H3. The molecule has 0 spiro atoms. The van der Waals surface area contributed by atoms with Crippen molar-refractivity contribution < 1.29 is 17.9 Å². The van der Waals surface area contributed by atoms with Gasteiger partial charge >= 0.3 is 0 Å². The van der Waals surface area contributed by atoms with Crippen molar-refractivity contribution in [3.63, 3.8) is 0 Å². The summed E-state index contributed by atoms with van der Waals surface area (Å²) in [6.07, 6.45) is 0. The van der Waals surface area contributed by atoms with E-state index in [1.54, 1.807) is 31.4 Å². The zero-order valence-corrected chi connectivity index (χ0v) is 15.1. The maximum Gasteiger partial charge on any atom is 0.215 e. The van der Waals surface area contributed by atoms with Crippen LogP contribution in [0, 0.1) is 0 Å². The second-order valence-electron chi connectivity index (χ2n) is 4.81. The van der Waals surface area contributed by atoms with Crippen molar-refractivity contribution in [3.05, 3.63) is 58.6 Å². The van der Waals surface area contributed by atoms with Crippen molar-refractivity contribution in [2.45, 2.75) is 5.75 Å². The fraction of sp³-hybridized carbons (Fsp3) is 0.250. The van der Waals surface area contributed by atoms with Crippen LogP contribution in [0.4, 0.5) is 0 Å². The predicted molar refractivity (Wildman–Crippen MR) is 93.3 cm³/mol. The number of hydrogen-bond acceptors (Lipinski definition) is 4. The van der Waals surface area contributed by atoms with Gasteiger partial charge in [0.1, 0.15) is 18.1 Å². The Morgan fingerprint density at radius 3 is 2.48 bits per heavy atom. The Bertz CT molecular complexity index is 732. The number of halogens is 1. The average molecular weight is 400 g/mol.